The molecule has 0 amide bonds. The molecular formula is C35H23BrN2. The molecule has 0 unspecified atom stereocenters. The molecule has 0 fully saturated rings. The van der Waals surface area contributed by atoms with E-state index < -0.39 is 0 Å². The third kappa shape index (κ3) is 3.93. The highest BCUT2D eigenvalue weighted by Gasteiger charge is 2.14. The number of para-hydroxylation sites is 1. The van der Waals surface area contributed by atoms with Crippen LogP contribution in [0.25, 0.3) is 61.1 Å². The smallest absolute Gasteiger partial charge is 0.0715 e. The van der Waals surface area contributed by atoms with Gasteiger partial charge >= 0.3 is 0 Å². The molecule has 180 valence electrons. The SMILES string of the molecule is Brc1cccc2c1c1ccccc1n2-c1ccc(-c2cc(-c3ccccc3)cc(-c3ccccc3)n2)cc1. The number of nitrogens with zero attached hydrogens (tertiary/aromatic N) is 2. The summed E-state index contributed by atoms with van der Waals surface area (Å²) >= 11 is 3.78. The third-order valence-electron chi connectivity index (χ3n) is 7.07. The van der Waals surface area contributed by atoms with Crippen LogP contribution in [0.3, 0.4) is 0 Å². The predicted molar refractivity (Wildman–Crippen MR) is 163 cm³/mol. The molecule has 5 aromatic carbocycles. The minimum absolute atomic E-state index is 0.960. The van der Waals surface area contributed by atoms with Gasteiger partial charge in [-0.3, -0.25) is 0 Å². The van der Waals surface area contributed by atoms with E-state index in [-0.39, 0.29) is 0 Å². The van der Waals surface area contributed by atoms with E-state index in [1.54, 1.807) is 0 Å². The van der Waals surface area contributed by atoms with Crippen LogP contribution in [0.5, 0.6) is 0 Å². The number of benzene rings is 5. The lowest BCUT2D eigenvalue weighted by atomic mass is 10.00. The molecule has 0 radical (unpaired) electrons. The largest absolute Gasteiger partial charge is 0.309 e. The van der Waals surface area contributed by atoms with Crippen molar-refractivity contribution in [1.82, 2.24) is 9.55 Å². The Hall–Kier alpha value is -4.47. The second-order valence-corrected chi connectivity index (χ2v) is 10.2. The maximum absolute atomic E-state index is 5.09. The van der Waals surface area contributed by atoms with Crippen molar-refractivity contribution in [3.63, 3.8) is 0 Å². The Labute approximate surface area is 230 Å². The second kappa shape index (κ2) is 9.44. The van der Waals surface area contributed by atoms with Gasteiger partial charge in [0.25, 0.3) is 0 Å². The van der Waals surface area contributed by atoms with Gasteiger partial charge in [0.1, 0.15) is 0 Å². The summed E-state index contributed by atoms with van der Waals surface area (Å²) in [7, 11) is 0. The summed E-state index contributed by atoms with van der Waals surface area (Å²) in [5, 5.41) is 2.47. The molecule has 0 saturated carbocycles. The summed E-state index contributed by atoms with van der Waals surface area (Å²) in [5.41, 5.74) is 9.97. The lowest BCUT2D eigenvalue weighted by Crippen LogP contribution is -1.95. The highest BCUT2D eigenvalue weighted by Crippen LogP contribution is 2.37. The van der Waals surface area contributed by atoms with Crippen molar-refractivity contribution in [2.75, 3.05) is 0 Å². The van der Waals surface area contributed by atoms with Crippen LogP contribution in [0.1, 0.15) is 0 Å². The van der Waals surface area contributed by atoms with Crippen molar-refractivity contribution < 1.29 is 0 Å². The van der Waals surface area contributed by atoms with Gasteiger partial charge in [0.2, 0.25) is 0 Å². The van der Waals surface area contributed by atoms with Gasteiger partial charge in [-0.15, -0.1) is 0 Å². The first-order valence-electron chi connectivity index (χ1n) is 12.7. The van der Waals surface area contributed by atoms with Gasteiger partial charge < -0.3 is 4.57 Å². The predicted octanol–water partition coefficient (Wildman–Crippen LogP) is 9.94. The van der Waals surface area contributed by atoms with E-state index in [2.05, 4.69) is 154 Å². The normalized spacial score (nSPS) is 11.3. The Kier molecular flexibility index (Phi) is 5.64. The molecule has 7 aromatic rings. The minimum atomic E-state index is 0.960. The maximum atomic E-state index is 5.09. The van der Waals surface area contributed by atoms with Crippen LogP contribution in [-0.4, -0.2) is 9.55 Å². The molecule has 0 spiro atoms. The van der Waals surface area contributed by atoms with Crippen molar-refractivity contribution >= 4 is 37.7 Å². The number of hydrogen-bond donors (Lipinski definition) is 0. The lowest BCUT2D eigenvalue weighted by Gasteiger charge is -2.12. The topological polar surface area (TPSA) is 17.8 Å². The van der Waals surface area contributed by atoms with Crippen LogP contribution in [0.4, 0.5) is 0 Å². The van der Waals surface area contributed by atoms with Gasteiger partial charge in [0.15, 0.2) is 0 Å². The number of halogens is 1. The number of aromatic nitrogens is 2. The Morgan fingerprint density at radius 2 is 1.05 bits per heavy atom. The highest BCUT2D eigenvalue weighted by molar-refractivity contribution is 9.10. The standard InChI is InChI=1S/C35H23BrN2/c36-30-15-9-17-34-35(30)29-14-7-8-16-33(29)38(34)28-20-18-26(19-21-28)32-23-27(24-10-3-1-4-11-24)22-31(37-32)25-12-5-2-6-13-25/h1-23H. The Morgan fingerprint density at radius 1 is 0.474 bits per heavy atom. The van der Waals surface area contributed by atoms with E-state index in [4.69, 9.17) is 4.98 Å². The first-order chi connectivity index (χ1) is 18.8. The van der Waals surface area contributed by atoms with Gasteiger partial charge in [-0.2, -0.15) is 0 Å². The van der Waals surface area contributed by atoms with Gasteiger partial charge in [0, 0.05) is 32.1 Å². The van der Waals surface area contributed by atoms with Gasteiger partial charge in [-0.25, -0.2) is 4.98 Å². The average Bonchev–Trinajstić information content (AvgIpc) is 3.33. The Morgan fingerprint density at radius 3 is 1.76 bits per heavy atom. The average molecular weight is 551 g/mol. The van der Waals surface area contributed by atoms with E-state index in [1.807, 2.05) is 6.07 Å². The maximum Gasteiger partial charge on any atom is 0.0715 e. The lowest BCUT2D eigenvalue weighted by molar-refractivity contribution is 1.18. The number of fused-ring (bicyclic) bond motifs is 3. The minimum Gasteiger partial charge on any atom is -0.309 e. The molecule has 2 aromatic heterocycles. The van der Waals surface area contributed by atoms with Crippen LogP contribution < -0.4 is 0 Å². The molecule has 7 rings (SSSR count). The first-order valence-corrected chi connectivity index (χ1v) is 13.5. The van der Waals surface area contributed by atoms with E-state index in [0.29, 0.717) is 0 Å². The van der Waals surface area contributed by atoms with Crippen molar-refractivity contribution in [3.05, 3.63) is 144 Å². The van der Waals surface area contributed by atoms with Crippen molar-refractivity contribution in [2.45, 2.75) is 0 Å². The molecule has 0 bridgehead atoms. The molecule has 0 atom stereocenters. The zero-order valence-electron chi connectivity index (χ0n) is 20.6. The van der Waals surface area contributed by atoms with Gasteiger partial charge in [-0.05, 0) is 53.6 Å². The summed E-state index contributed by atoms with van der Waals surface area (Å²) < 4.78 is 3.44. The monoisotopic (exact) mass is 550 g/mol. The summed E-state index contributed by atoms with van der Waals surface area (Å²) in [4.78, 5) is 5.09. The Balaban J connectivity index is 1.37. The fourth-order valence-corrected chi connectivity index (χ4v) is 5.84. The molecule has 3 heteroatoms. The molecule has 0 aliphatic carbocycles. The fraction of sp³-hybridized carbons (Fsp3) is 0. The molecule has 0 N–H and O–H groups in total. The molecule has 38 heavy (non-hydrogen) atoms. The van der Waals surface area contributed by atoms with Crippen LogP contribution in [0.15, 0.2) is 144 Å². The third-order valence-corrected chi connectivity index (χ3v) is 7.73. The van der Waals surface area contributed by atoms with Crippen LogP contribution >= 0.6 is 15.9 Å². The van der Waals surface area contributed by atoms with Crippen LogP contribution in [-0.2, 0) is 0 Å². The molecule has 0 saturated heterocycles. The van der Waals surface area contributed by atoms with Crippen molar-refractivity contribution in [3.8, 4) is 39.3 Å². The number of hydrogen-bond acceptors (Lipinski definition) is 1. The summed E-state index contributed by atoms with van der Waals surface area (Å²) in [6.07, 6.45) is 0. The zero-order valence-corrected chi connectivity index (χ0v) is 22.1. The summed E-state index contributed by atoms with van der Waals surface area (Å²) in [6, 6.07) is 49.0. The van der Waals surface area contributed by atoms with E-state index in [0.717, 1.165) is 38.2 Å². The van der Waals surface area contributed by atoms with Crippen LogP contribution in [0.2, 0.25) is 0 Å². The fourth-order valence-electron chi connectivity index (χ4n) is 5.27. The van der Waals surface area contributed by atoms with Gasteiger partial charge in [0.05, 0.1) is 22.4 Å². The molecule has 2 heterocycles. The highest BCUT2D eigenvalue weighted by atomic mass is 79.9. The van der Waals surface area contributed by atoms with E-state index >= 15 is 0 Å². The summed E-state index contributed by atoms with van der Waals surface area (Å²) in [5.74, 6) is 0. The van der Waals surface area contributed by atoms with E-state index in [9.17, 15) is 0 Å². The molecule has 0 aliphatic rings. The second-order valence-electron chi connectivity index (χ2n) is 9.39. The summed E-state index contributed by atoms with van der Waals surface area (Å²) in [6.45, 7) is 0. The first kappa shape index (κ1) is 22.7. The zero-order chi connectivity index (χ0) is 25.5. The molecular weight excluding hydrogens is 528 g/mol. The Bertz CT molecular complexity index is 1850. The quantitative estimate of drug-likeness (QED) is 0.213. The molecule has 2 nitrogen and oxygen atoms in total. The number of rotatable bonds is 4. The van der Waals surface area contributed by atoms with Crippen molar-refractivity contribution in [2.24, 2.45) is 0 Å². The van der Waals surface area contributed by atoms with Crippen LogP contribution in [0, 0.1) is 0 Å². The van der Waals surface area contributed by atoms with E-state index in [1.165, 1.54) is 27.4 Å². The van der Waals surface area contributed by atoms with Gasteiger partial charge in [-0.1, -0.05) is 113 Å². The van der Waals surface area contributed by atoms with Crippen molar-refractivity contribution in [1.29, 1.82) is 0 Å². The number of pyridine rings is 1. The molecule has 0 aliphatic heterocycles.